The number of nitrogens with one attached hydrogen (secondary N) is 1. The Balaban J connectivity index is 0.000000158. The largest absolute Gasteiger partial charge is 0.486 e. The molecule has 4 fully saturated rings. The molecule has 0 amide bonds. The SMILES string of the molecule is CC(C)N1CCOc2c(F)cc(-c3nc(Cc4ccc(N5CCC(C)(O)C5)cn4)ncc3F)cc21.CC(C)N1CCOc2c(F)cc(-c3nc(Cl)ncc3F)cc21.CC1(O)CCN(c2ccc([N+](=O)[O-])nc2)C1.CC1(O)CCN(c2ccc([N+](=O)[O-])nc2)C1.CC1(O)CCNC1.O=[N+]([O-])c1ccc(Br)cn1. The number of aliphatic hydroxyl groups is 4. The number of halogens is 6. The van der Waals surface area contributed by atoms with Gasteiger partial charge >= 0.3 is 17.5 Å². The molecule has 14 rings (SSSR count). The molecule has 29 nitrogen and oxygen atoms in total. The summed E-state index contributed by atoms with van der Waals surface area (Å²) in [7, 11) is 0. The first kappa shape index (κ1) is 80.4. The number of hydrogen-bond donors (Lipinski definition) is 5. The van der Waals surface area contributed by atoms with Gasteiger partial charge in [0.25, 0.3) is 0 Å². The summed E-state index contributed by atoms with van der Waals surface area (Å²) in [4.78, 5) is 70.9. The van der Waals surface area contributed by atoms with Gasteiger partial charge in [-0.3, -0.25) is 4.98 Å². The number of benzene rings is 2. The molecule has 566 valence electrons. The van der Waals surface area contributed by atoms with E-state index in [2.05, 4.69) is 66.0 Å². The number of β-amino-alcohol motifs (C(OH)–C–C–N with tert-alkyl or cyclic N) is 4. The molecule has 0 aliphatic carbocycles. The second-order valence-electron chi connectivity index (χ2n) is 27.7. The van der Waals surface area contributed by atoms with Gasteiger partial charge in [0.1, 0.15) is 30.4 Å². The molecule has 8 aromatic rings. The predicted octanol–water partition coefficient (Wildman–Crippen LogP) is 11.0. The Bertz CT molecular complexity index is 4280. The Morgan fingerprint density at radius 2 is 0.943 bits per heavy atom. The molecule has 12 heterocycles. The van der Waals surface area contributed by atoms with E-state index in [1.165, 1.54) is 48.9 Å². The first-order chi connectivity index (χ1) is 50.0. The Hall–Kier alpha value is -9.71. The van der Waals surface area contributed by atoms with Gasteiger partial charge in [-0.2, -0.15) is 0 Å². The van der Waals surface area contributed by atoms with Gasteiger partial charge in [0, 0.05) is 92.9 Å². The van der Waals surface area contributed by atoms with Crippen LogP contribution in [0.4, 0.5) is 63.5 Å². The highest BCUT2D eigenvalue weighted by Gasteiger charge is 2.35. The highest BCUT2D eigenvalue weighted by Crippen LogP contribution is 2.42. The topological polar surface area (TPSA) is 360 Å². The number of anilines is 5. The van der Waals surface area contributed by atoms with Crippen LogP contribution in [0.25, 0.3) is 22.5 Å². The summed E-state index contributed by atoms with van der Waals surface area (Å²) in [5.41, 5.74) is 2.66. The van der Waals surface area contributed by atoms with Gasteiger partial charge < -0.3 is 90.1 Å². The second kappa shape index (κ2) is 34.7. The average molecular weight is 1560 g/mol. The number of nitro groups is 3. The molecule has 4 atom stereocenters. The molecule has 0 bridgehead atoms. The number of aromatic nitrogens is 8. The molecule has 6 aliphatic heterocycles. The van der Waals surface area contributed by atoms with E-state index in [9.17, 15) is 63.2 Å². The van der Waals surface area contributed by atoms with E-state index < -0.39 is 60.4 Å². The van der Waals surface area contributed by atoms with Crippen LogP contribution in [0.1, 0.15) is 92.6 Å². The lowest BCUT2D eigenvalue weighted by atomic mass is 10.1. The standard InChI is InChI=1S/C26H29F2N5O2.C15H14ClF2N3O.2C10H13N3O3.C5H3BrN2O2.C5H11NO/c1-16(2)33-8-9-35-25-20(27)10-17(11-22(25)33)24-21(28)14-30-23(31-24)12-18-4-5-19(13-29-18)32-7-6-26(3,34)15-32;1-8(2)21-3-4-22-14-10(17)5-9(6-12(14)21)13-11(18)7-19-15(16)20-13;2*1-10(14)4-5-12(7-10)8-2-3-9(11-6-8)13(15)16;6-4-1-2-5(7-3-4)8(9)10;1-5(7)2-3-6-4-5/h4-5,10-11,13-14,16,34H,6-9,12,15H2,1-3H3;5-8H,3-4H2,1-2H3;2*2-3,6,14H,4-5,7H2,1H3;1-3H;6-7H,2-4H2,1H3. The minimum atomic E-state index is -0.689. The number of fused-ring (bicyclic) bond motifs is 2. The van der Waals surface area contributed by atoms with Crippen LogP contribution in [-0.2, 0) is 6.42 Å². The molecular weight excluding hydrogens is 1470 g/mol. The molecule has 0 saturated carbocycles. The third kappa shape index (κ3) is 21.7. The van der Waals surface area contributed by atoms with E-state index in [1.807, 2.05) is 73.3 Å². The molecule has 106 heavy (non-hydrogen) atoms. The Morgan fingerprint density at radius 1 is 0.528 bits per heavy atom. The lowest BCUT2D eigenvalue weighted by Crippen LogP contribution is -2.38. The van der Waals surface area contributed by atoms with Crippen molar-refractivity contribution in [3.05, 3.63) is 185 Å². The molecular formula is C71H83BrClF4N17O12. The lowest BCUT2D eigenvalue weighted by molar-refractivity contribution is -0.389. The molecule has 6 aliphatic rings. The summed E-state index contributed by atoms with van der Waals surface area (Å²) in [5.74, 6) is -2.06. The first-order valence-corrected chi connectivity index (χ1v) is 35.1. The fraction of sp³-hybridized carbons (Fsp3) is 0.437. The van der Waals surface area contributed by atoms with Crippen molar-refractivity contribution in [2.24, 2.45) is 0 Å². The minimum absolute atomic E-state index is 0.0315. The summed E-state index contributed by atoms with van der Waals surface area (Å²) in [6.07, 6.45) is 11.5. The Morgan fingerprint density at radius 3 is 1.28 bits per heavy atom. The molecule has 4 unspecified atom stereocenters. The monoisotopic (exact) mass is 1560 g/mol. The Kier molecular flexibility index (Phi) is 26.3. The normalized spacial score (nSPS) is 20.5. The number of pyridine rings is 4. The third-order valence-corrected chi connectivity index (χ3v) is 18.5. The second-order valence-corrected chi connectivity index (χ2v) is 28.9. The summed E-state index contributed by atoms with van der Waals surface area (Å²) in [6, 6.07) is 19.0. The zero-order valence-electron chi connectivity index (χ0n) is 59.5. The average Bonchev–Trinajstić information content (AvgIpc) is 1.09. The van der Waals surface area contributed by atoms with E-state index >= 15 is 0 Å². The van der Waals surface area contributed by atoms with Crippen LogP contribution in [-0.4, -0.2) is 188 Å². The van der Waals surface area contributed by atoms with Gasteiger partial charge in [-0.1, -0.05) is 0 Å². The third-order valence-electron chi connectivity index (χ3n) is 17.8. The molecule has 0 radical (unpaired) electrons. The van der Waals surface area contributed by atoms with Crippen molar-refractivity contribution in [2.75, 3.05) is 103 Å². The molecule has 2 aromatic carbocycles. The highest BCUT2D eigenvalue weighted by atomic mass is 79.9. The lowest BCUT2D eigenvalue weighted by Gasteiger charge is -2.34. The van der Waals surface area contributed by atoms with E-state index in [4.69, 9.17) is 26.2 Å². The van der Waals surface area contributed by atoms with Crippen molar-refractivity contribution in [1.29, 1.82) is 0 Å². The van der Waals surface area contributed by atoms with Gasteiger partial charge in [-0.25, -0.2) is 37.5 Å². The summed E-state index contributed by atoms with van der Waals surface area (Å²) in [5, 5.41) is 72.8. The van der Waals surface area contributed by atoms with Gasteiger partial charge in [0.05, 0.1) is 93.4 Å². The van der Waals surface area contributed by atoms with Crippen LogP contribution in [0.2, 0.25) is 5.28 Å². The van der Waals surface area contributed by atoms with Crippen molar-refractivity contribution in [3.8, 4) is 34.0 Å². The van der Waals surface area contributed by atoms with E-state index in [0.717, 1.165) is 78.8 Å². The first-order valence-electron chi connectivity index (χ1n) is 34.0. The van der Waals surface area contributed by atoms with Crippen molar-refractivity contribution in [1.82, 2.24) is 45.2 Å². The number of nitrogens with zero attached hydrogens (tertiary/aromatic N) is 16. The fourth-order valence-corrected chi connectivity index (χ4v) is 12.5. The van der Waals surface area contributed by atoms with Gasteiger partial charge in [-0.05, 0) is 199 Å². The van der Waals surface area contributed by atoms with Crippen LogP contribution in [0, 0.1) is 53.6 Å². The number of hydrogen-bond acceptors (Lipinski definition) is 26. The minimum Gasteiger partial charge on any atom is -0.486 e. The van der Waals surface area contributed by atoms with Crippen LogP contribution < -0.4 is 39.3 Å². The molecule has 0 spiro atoms. The van der Waals surface area contributed by atoms with Crippen LogP contribution in [0.5, 0.6) is 11.5 Å². The van der Waals surface area contributed by atoms with Crippen molar-refractivity contribution >= 4 is 73.4 Å². The van der Waals surface area contributed by atoms with E-state index in [1.54, 1.807) is 50.4 Å². The number of rotatable bonds is 12. The van der Waals surface area contributed by atoms with Gasteiger partial charge in [-0.15, -0.1) is 0 Å². The molecule has 35 heteroatoms. The zero-order chi connectivity index (χ0) is 77.0. The molecule has 6 aromatic heterocycles. The predicted molar refractivity (Wildman–Crippen MR) is 394 cm³/mol. The fourth-order valence-electron chi connectivity index (χ4n) is 12.2. The molecule has 5 N–H and O–H groups in total. The smallest absolute Gasteiger partial charge is 0.363 e. The van der Waals surface area contributed by atoms with Gasteiger partial charge in [0.2, 0.25) is 5.28 Å². The molecule has 4 saturated heterocycles. The summed E-state index contributed by atoms with van der Waals surface area (Å²) >= 11 is 8.82. The maximum atomic E-state index is 14.9. The Labute approximate surface area is 621 Å². The highest BCUT2D eigenvalue weighted by molar-refractivity contribution is 9.10. The van der Waals surface area contributed by atoms with Gasteiger partial charge in [0.15, 0.2) is 53.4 Å². The maximum absolute atomic E-state index is 14.9. The maximum Gasteiger partial charge on any atom is 0.363 e. The summed E-state index contributed by atoms with van der Waals surface area (Å²) in [6.45, 7) is 23.0. The van der Waals surface area contributed by atoms with Crippen LogP contribution in [0.3, 0.4) is 0 Å². The van der Waals surface area contributed by atoms with Crippen LogP contribution >= 0.6 is 27.5 Å². The van der Waals surface area contributed by atoms with Crippen molar-refractivity contribution in [3.63, 3.8) is 0 Å². The summed E-state index contributed by atoms with van der Waals surface area (Å²) < 4.78 is 69.6. The van der Waals surface area contributed by atoms with E-state index in [-0.39, 0.29) is 57.7 Å². The zero-order valence-corrected chi connectivity index (χ0v) is 61.9. The van der Waals surface area contributed by atoms with Crippen LogP contribution in [0.15, 0.2) is 114 Å². The van der Waals surface area contributed by atoms with E-state index in [0.29, 0.717) is 99.9 Å². The quantitative estimate of drug-likeness (QED) is 0.0328. The number of ether oxygens (including phenoxy) is 2. The van der Waals surface area contributed by atoms with Crippen molar-refractivity contribution in [2.45, 2.75) is 122 Å². The van der Waals surface area contributed by atoms with Crippen molar-refractivity contribution < 1.29 is 62.2 Å².